The van der Waals surface area contributed by atoms with Crippen molar-refractivity contribution in [1.29, 1.82) is 10.5 Å². The van der Waals surface area contributed by atoms with Gasteiger partial charge >= 0.3 is 29.1 Å². The fraction of sp³-hybridized carbons (Fsp3) is 0.730. The van der Waals surface area contributed by atoms with E-state index in [2.05, 4.69) is 19.7 Å². The summed E-state index contributed by atoms with van der Waals surface area (Å²) in [5, 5.41) is 17.1. The molecule has 1 atom stereocenters. The molecule has 1 aliphatic rings. The molecule has 2 heterocycles. The summed E-state index contributed by atoms with van der Waals surface area (Å²) in [7, 11) is 0. The summed E-state index contributed by atoms with van der Waals surface area (Å²) >= 11 is 0. The zero-order valence-corrected chi connectivity index (χ0v) is 32.8. The first-order valence-electron chi connectivity index (χ1n) is 19.5. The third-order valence-corrected chi connectivity index (χ3v) is 8.88. The number of nitriles is 2. The molecule has 20 heteroatoms. The minimum Gasteiger partial charge on any atom is -0.428 e. The van der Waals surface area contributed by atoms with E-state index in [0.717, 1.165) is 57.1 Å². The Kier molecular flexibility index (Phi) is 27.0. The van der Waals surface area contributed by atoms with Crippen molar-refractivity contribution in [3.63, 3.8) is 0 Å². The quantitative estimate of drug-likeness (QED) is 0.0447. The largest absolute Gasteiger partial charge is 0.428 e. The number of aliphatic imine (C=N–C) groups is 3. The Bertz CT molecular complexity index is 1710. The Balaban J connectivity index is 0.000000599. The van der Waals surface area contributed by atoms with Crippen LogP contribution in [0.25, 0.3) is 0 Å². The van der Waals surface area contributed by atoms with E-state index in [9.17, 15) is 38.4 Å². The number of amides is 4. The Morgan fingerprint density at radius 2 is 0.965 bits per heavy atom. The van der Waals surface area contributed by atoms with Crippen LogP contribution in [0.15, 0.2) is 29.4 Å². The lowest BCUT2D eigenvalue weighted by molar-refractivity contribution is -0.00325. The average Bonchev–Trinajstić information content (AvgIpc) is 3.20. The van der Waals surface area contributed by atoms with E-state index in [1.54, 1.807) is 12.5 Å². The first-order chi connectivity index (χ1) is 27.7. The molecule has 1 aromatic heterocycles. The van der Waals surface area contributed by atoms with E-state index >= 15 is 0 Å². The molecule has 0 spiro atoms. The molecule has 0 N–H and O–H groups in total. The fourth-order valence-corrected chi connectivity index (χ4v) is 5.84. The van der Waals surface area contributed by atoms with Crippen molar-refractivity contribution < 1.29 is 33.4 Å². The van der Waals surface area contributed by atoms with Crippen LogP contribution >= 0.6 is 0 Å². The topological polar surface area (TPSA) is 261 Å². The Morgan fingerprint density at radius 3 is 1.39 bits per heavy atom. The van der Waals surface area contributed by atoms with E-state index in [-0.39, 0.29) is 26.2 Å². The van der Waals surface area contributed by atoms with Gasteiger partial charge < -0.3 is 9.47 Å². The first kappa shape index (κ1) is 49.1. The minimum atomic E-state index is -0.793. The summed E-state index contributed by atoms with van der Waals surface area (Å²) in [6.07, 6.45) is 18.7. The van der Waals surface area contributed by atoms with Gasteiger partial charge in [-0.2, -0.15) is 10.5 Å². The third-order valence-electron chi connectivity index (χ3n) is 8.88. The number of nitrogens with zero attached hydrogens (tertiary/aromatic N) is 10. The third kappa shape index (κ3) is 18.5. The van der Waals surface area contributed by atoms with Crippen molar-refractivity contribution in [2.24, 2.45) is 15.0 Å². The fourth-order valence-electron chi connectivity index (χ4n) is 5.84. The van der Waals surface area contributed by atoms with Gasteiger partial charge in [0.2, 0.25) is 18.2 Å². The Labute approximate surface area is 331 Å². The Hall–Kier alpha value is -5.93. The number of carbonyl (C=O) groups excluding carboxylic acids is 5. The molecule has 20 nitrogen and oxygen atoms in total. The highest BCUT2D eigenvalue weighted by Crippen LogP contribution is 2.24. The molecule has 0 bridgehead atoms. The molecule has 57 heavy (non-hydrogen) atoms. The minimum absolute atomic E-state index is 0.159. The molecule has 1 aliphatic heterocycles. The van der Waals surface area contributed by atoms with Crippen molar-refractivity contribution in [2.45, 2.75) is 142 Å². The predicted molar refractivity (Wildman–Crippen MR) is 204 cm³/mol. The summed E-state index contributed by atoms with van der Waals surface area (Å²) in [5.74, 6) is 0. The van der Waals surface area contributed by atoms with Crippen molar-refractivity contribution >= 4 is 30.3 Å². The molecule has 1 aromatic rings. The van der Waals surface area contributed by atoms with Gasteiger partial charge in [-0.1, -0.05) is 32.6 Å². The number of hydrogen-bond donors (Lipinski definition) is 0. The van der Waals surface area contributed by atoms with Crippen molar-refractivity contribution in [3.05, 3.63) is 31.5 Å². The van der Waals surface area contributed by atoms with Crippen LogP contribution in [0, 0.1) is 23.0 Å². The first-order valence-corrected chi connectivity index (χ1v) is 19.5. The molecule has 0 aliphatic carbocycles. The lowest BCUT2D eigenvalue weighted by Crippen LogP contribution is -2.67. The van der Waals surface area contributed by atoms with Crippen LogP contribution < -0.4 is 17.1 Å². The molecule has 0 saturated carbocycles. The summed E-state index contributed by atoms with van der Waals surface area (Å²) in [5.41, 5.74) is -1.91. The molecule has 0 radical (unpaired) electrons. The molecule has 2 rings (SSSR count). The van der Waals surface area contributed by atoms with E-state index in [1.165, 1.54) is 23.1 Å². The van der Waals surface area contributed by atoms with Crippen LogP contribution in [0.3, 0.4) is 0 Å². The maximum Gasteiger partial charge on any atom is 0.339 e. The number of carbonyl (C=O) groups is 2. The number of imide groups is 2. The highest BCUT2D eigenvalue weighted by atomic mass is 16.5. The monoisotopic (exact) mass is 798 g/mol. The predicted octanol–water partition coefficient (Wildman–Crippen LogP) is 4.00. The number of ether oxygens (including phenoxy) is 2. The second kappa shape index (κ2) is 31.3. The maximum atomic E-state index is 12.9. The van der Waals surface area contributed by atoms with Crippen LogP contribution in [-0.2, 0) is 43.5 Å². The van der Waals surface area contributed by atoms with Gasteiger partial charge in [-0.3, -0.25) is 0 Å². The van der Waals surface area contributed by atoms with E-state index < -0.39 is 35.4 Å². The smallest absolute Gasteiger partial charge is 0.339 e. The molecule has 1 fully saturated rings. The van der Waals surface area contributed by atoms with Crippen LogP contribution in [-0.4, -0.2) is 92.8 Å². The normalized spacial score (nSPS) is 12.1. The van der Waals surface area contributed by atoms with E-state index in [1.807, 2.05) is 6.92 Å². The van der Waals surface area contributed by atoms with Gasteiger partial charge in [-0.15, -0.1) is 0 Å². The number of aromatic nitrogens is 3. The lowest BCUT2D eigenvalue weighted by atomic mass is 10.1. The zero-order chi connectivity index (χ0) is 42.1. The second-order valence-corrected chi connectivity index (χ2v) is 13.0. The number of isocyanates is 3. The maximum absolute atomic E-state index is 12.9. The number of rotatable bonds is 31. The van der Waals surface area contributed by atoms with Gasteiger partial charge in [0.25, 0.3) is 12.5 Å². The molecule has 1 saturated heterocycles. The van der Waals surface area contributed by atoms with Crippen molar-refractivity contribution in [2.75, 3.05) is 32.8 Å². The van der Waals surface area contributed by atoms with Crippen LogP contribution in [0.1, 0.15) is 116 Å². The number of unbranched alkanes of at least 4 members (excludes halogenated alkanes) is 11. The summed E-state index contributed by atoms with van der Waals surface area (Å²) in [6.45, 7) is 4.30. The van der Waals surface area contributed by atoms with Crippen LogP contribution in [0.5, 0.6) is 0 Å². The van der Waals surface area contributed by atoms with Crippen LogP contribution in [0.4, 0.5) is 9.59 Å². The lowest BCUT2D eigenvalue weighted by Gasteiger charge is -2.41. The van der Waals surface area contributed by atoms with Gasteiger partial charge in [-0.25, -0.2) is 76.8 Å². The standard InChI is InChI=1S/C21H30N6O6.C16H24N4O4/c22-16-33-15-9-3-8-14-27-20(31)25(12-6-1-4-10-23-17-28)19(30)26(21(27)32)13-7-2-5-11-24-18-29;1-2-3-6-9-14(24-12-17)20-15(22)19(16(20)23)11-8-5-4-7-10-18-13-21/h1-15H2;14H,2-11H2,1H3. The number of urea groups is 2. The van der Waals surface area contributed by atoms with Gasteiger partial charge in [0, 0.05) is 32.6 Å². The Morgan fingerprint density at radius 1 is 0.544 bits per heavy atom. The SMILES string of the molecule is CCCCCC(OC#N)N1C(=O)N(CCCCCCN=C=O)C1=O.N#COCCCCCn1c(=O)n(CCCCCN=C=O)c(=O)n(CCCCCN=C=O)c1=O. The summed E-state index contributed by atoms with van der Waals surface area (Å²) in [4.78, 5) is 106. The van der Waals surface area contributed by atoms with Gasteiger partial charge in [0.15, 0.2) is 6.23 Å². The molecule has 0 aromatic carbocycles. The highest BCUT2D eigenvalue weighted by Gasteiger charge is 2.48. The van der Waals surface area contributed by atoms with Gasteiger partial charge in [0.1, 0.15) is 6.61 Å². The van der Waals surface area contributed by atoms with Crippen LogP contribution in [0.2, 0.25) is 0 Å². The highest BCUT2D eigenvalue weighted by molar-refractivity contribution is 6.11. The molecule has 1 unspecified atom stereocenters. The summed E-state index contributed by atoms with van der Waals surface area (Å²) in [6, 6.07) is -0.801. The summed E-state index contributed by atoms with van der Waals surface area (Å²) < 4.78 is 12.7. The molecule has 4 amide bonds. The molecular formula is C37H54N10O10. The van der Waals surface area contributed by atoms with Crippen molar-refractivity contribution in [1.82, 2.24) is 23.5 Å². The second-order valence-electron chi connectivity index (χ2n) is 13.0. The molecular weight excluding hydrogens is 744 g/mol. The van der Waals surface area contributed by atoms with Crippen molar-refractivity contribution in [3.8, 4) is 12.5 Å². The molecule has 312 valence electrons. The van der Waals surface area contributed by atoms with Gasteiger partial charge in [0.05, 0.1) is 19.6 Å². The number of hydrogen-bond acceptors (Lipinski definition) is 15. The average molecular weight is 799 g/mol. The zero-order valence-electron chi connectivity index (χ0n) is 32.8. The van der Waals surface area contributed by atoms with E-state index in [4.69, 9.17) is 15.3 Å². The van der Waals surface area contributed by atoms with Gasteiger partial charge in [-0.05, 0) is 77.0 Å². The van der Waals surface area contributed by atoms with E-state index in [0.29, 0.717) is 96.8 Å².